The van der Waals surface area contributed by atoms with Crippen LogP contribution in [0.4, 0.5) is 11.4 Å². The van der Waals surface area contributed by atoms with E-state index in [-0.39, 0.29) is 10.6 Å². The van der Waals surface area contributed by atoms with Gasteiger partial charge in [0.1, 0.15) is 5.69 Å². The first-order valence-corrected chi connectivity index (χ1v) is 6.80. The number of nitrogens with zero attached hydrogens (tertiary/aromatic N) is 1. The molecule has 0 radical (unpaired) electrons. The molecule has 0 saturated heterocycles. The van der Waals surface area contributed by atoms with E-state index in [2.05, 4.69) is 17.5 Å². The number of allylic oxidation sites excluding steroid dienone is 2. The fraction of sp³-hybridized carbons (Fsp3) is 0.467. The van der Waals surface area contributed by atoms with Crippen molar-refractivity contribution in [3.63, 3.8) is 0 Å². The normalized spacial score (nSPS) is 27.7. The predicted molar refractivity (Wildman–Crippen MR) is 75.2 cm³/mol. The van der Waals surface area contributed by atoms with Crippen LogP contribution in [-0.4, -0.2) is 11.5 Å². The van der Waals surface area contributed by atoms with Gasteiger partial charge in [0.2, 0.25) is 0 Å². The Morgan fingerprint density at radius 3 is 2.84 bits per heavy atom. The van der Waals surface area contributed by atoms with Gasteiger partial charge < -0.3 is 5.32 Å². The third-order valence-electron chi connectivity index (χ3n) is 4.32. The molecule has 3 unspecified atom stereocenters. The van der Waals surface area contributed by atoms with Crippen LogP contribution in [0.25, 0.3) is 0 Å². The molecule has 2 aliphatic carbocycles. The van der Waals surface area contributed by atoms with Crippen molar-refractivity contribution in [2.75, 3.05) is 11.9 Å². The molecule has 0 spiro atoms. The van der Waals surface area contributed by atoms with Gasteiger partial charge in [0, 0.05) is 12.6 Å². The molecule has 100 valence electrons. The summed E-state index contributed by atoms with van der Waals surface area (Å²) in [5, 5.41) is 14.3. The van der Waals surface area contributed by atoms with Crippen molar-refractivity contribution in [3.8, 4) is 0 Å². The Labute approximate surface area is 112 Å². The molecule has 19 heavy (non-hydrogen) atoms. The second kappa shape index (κ2) is 4.68. The van der Waals surface area contributed by atoms with E-state index in [0.29, 0.717) is 17.5 Å². The molecule has 2 aliphatic rings. The second-order valence-electron chi connectivity index (χ2n) is 5.70. The molecule has 1 saturated carbocycles. The van der Waals surface area contributed by atoms with Crippen molar-refractivity contribution in [3.05, 3.63) is 46.0 Å². The number of rotatable bonds is 4. The van der Waals surface area contributed by atoms with E-state index in [0.717, 1.165) is 18.0 Å². The molecule has 1 aromatic carbocycles. The van der Waals surface area contributed by atoms with Crippen LogP contribution in [0.5, 0.6) is 0 Å². The largest absolute Gasteiger partial charge is 0.379 e. The lowest BCUT2D eigenvalue weighted by molar-refractivity contribution is -0.384. The number of nitro benzene ring substituents is 1. The highest BCUT2D eigenvalue weighted by molar-refractivity contribution is 5.62. The third-order valence-corrected chi connectivity index (χ3v) is 4.32. The van der Waals surface area contributed by atoms with Crippen molar-refractivity contribution in [1.82, 2.24) is 0 Å². The van der Waals surface area contributed by atoms with E-state index >= 15 is 0 Å². The highest BCUT2D eigenvalue weighted by Gasteiger charge is 2.35. The average Bonchev–Trinajstić information content (AvgIpc) is 2.99. The minimum absolute atomic E-state index is 0.179. The standard InChI is InChI=1S/C15H18N2O2/c1-10-2-5-14(15(6-10)17(18)19)16-9-13-8-11-3-4-12(13)7-11/h2-6,11-13,16H,7-9H2,1H3. The Morgan fingerprint density at radius 1 is 1.37 bits per heavy atom. The molecule has 3 atom stereocenters. The first kappa shape index (κ1) is 12.2. The van der Waals surface area contributed by atoms with Crippen LogP contribution in [-0.2, 0) is 0 Å². The van der Waals surface area contributed by atoms with Gasteiger partial charge in [-0.1, -0.05) is 18.2 Å². The summed E-state index contributed by atoms with van der Waals surface area (Å²) < 4.78 is 0. The number of fused-ring (bicyclic) bond motifs is 2. The Hall–Kier alpha value is -1.84. The van der Waals surface area contributed by atoms with Gasteiger partial charge in [-0.15, -0.1) is 0 Å². The van der Waals surface area contributed by atoms with Crippen molar-refractivity contribution in [1.29, 1.82) is 0 Å². The number of benzene rings is 1. The molecule has 0 amide bonds. The summed E-state index contributed by atoms with van der Waals surface area (Å²) >= 11 is 0. The summed E-state index contributed by atoms with van der Waals surface area (Å²) in [4.78, 5) is 10.7. The quantitative estimate of drug-likeness (QED) is 0.510. The molecule has 1 fully saturated rings. The molecule has 3 rings (SSSR count). The number of nitro groups is 1. The average molecular weight is 258 g/mol. The van der Waals surface area contributed by atoms with Crippen LogP contribution in [0, 0.1) is 34.8 Å². The van der Waals surface area contributed by atoms with Crippen LogP contribution in [0.2, 0.25) is 0 Å². The Kier molecular flexibility index (Phi) is 3.01. The molecule has 0 aliphatic heterocycles. The van der Waals surface area contributed by atoms with Gasteiger partial charge in [-0.25, -0.2) is 0 Å². The number of anilines is 1. The van der Waals surface area contributed by atoms with Gasteiger partial charge in [-0.05, 0) is 49.1 Å². The van der Waals surface area contributed by atoms with E-state index in [1.165, 1.54) is 12.8 Å². The van der Waals surface area contributed by atoms with Gasteiger partial charge in [0.05, 0.1) is 4.92 Å². The Bertz CT molecular complexity index is 539. The first-order valence-electron chi connectivity index (χ1n) is 6.80. The predicted octanol–water partition coefficient (Wildman–Crippen LogP) is 3.53. The zero-order valence-corrected chi connectivity index (χ0v) is 11.0. The minimum atomic E-state index is -0.309. The first-order chi connectivity index (χ1) is 9.13. The lowest BCUT2D eigenvalue weighted by Gasteiger charge is -2.19. The van der Waals surface area contributed by atoms with Gasteiger partial charge >= 0.3 is 0 Å². The maximum atomic E-state index is 11.1. The van der Waals surface area contributed by atoms with Gasteiger partial charge in [0.15, 0.2) is 0 Å². The summed E-state index contributed by atoms with van der Waals surface area (Å²) in [6, 6.07) is 5.36. The molecule has 1 aromatic rings. The molecule has 1 N–H and O–H groups in total. The van der Waals surface area contributed by atoms with Crippen molar-refractivity contribution in [2.45, 2.75) is 19.8 Å². The molecule has 0 heterocycles. The molecule has 4 heteroatoms. The van der Waals surface area contributed by atoms with Crippen molar-refractivity contribution in [2.24, 2.45) is 17.8 Å². The number of hydrogen-bond donors (Lipinski definition) is 1. The molecule has 0 aromatic heterocycles. The van der Waals surface area contributed by atoms with E-state index < -0.39 is 0 Å². The summed E-state index contributed by atoms with van der Waals surface area (Å²) in [6.45, 7) is 2.70. The fourth-order valence-electron chi connectivity index (χ4n) is 3.31. The van der Waals surface area contributed by atoms with Gasteiger partial charge in [0.25, 0.3) is 5.69 Å². The highest BCUT2D eigenvalue weighted by Crippen LogP contribution is 2.43. The molecular formula is C15H18N2O2. The van der Waals surface area contributed by atoms with Gasteiger partial charge in [-0.2, -0.15) is 0 Å². The van der Waals surface area contributed by atoms with Crippen LogP contribution in [0.15, 0.2) is 30.4 Å². The Morgan fingerprint density at radius 2 is 2.21 bits per heavy atom. The molecular weight excluding hydrogens is 240 g/mol. The third kappa shape index (κ3) is 2.35. The zero-order chi connectivity index (χ0) is 13.4. The fourth-order valence-corrected chi connectivity index (χ4v) is 3.31. The van der Waals surface area contributed by atoms with Crippen molar-refractivity contribution >= 4 is 11.4 Å². The topological polar surface area (TPSA) is 55.2 Å². The van der Waals surface area contributed by atoms with Crippen LogP contribution < -0.4 is 5.32 Å². The van der Waals surface area contributed by atoms with Crippen LogP contribution in [0.1, 0.15) is 18.4 Å². The summed E-state index contributed by atoms with van der Waals surface area (Å²) in [5.41, 5.74) is 1.74. The maximum absolute atomic E-state index is 11.1. The SMILES string of the molecule is Cc1ccc(NCC2CC3C=CC2C3)c([N+](=O)[O-])c1. The molecule has 2 bridgehead atoms. The monoisotopic (exact) mass is 258 g/mol. The van der Waals surface area contributed by atoms with Crippen molar-refractivity contribution < 1.29 is 4.92 Å². The smallest absolute Gasteiger partial charge is 0.292 e. The number of hydrogen-bond acceptors (Lipinski definition) is 3. The van der Waals surface area contributed by atoms with Crippen LogP contribution in [0.3, 0.4) is 0 Å². The van der Waals surface area contributed by atoms with Gasteiger partial charge in [-0.3, -0.25) is 10.1 Å². The Balaban J connectivity index is 1.70. The lowest BCUT2D eigenvalue weighted by Crippen LogP contribution is -2.18. The van der Waals surface area contributed by atoms with E-state index in [1.54, 1.807) is 6.07 Å². The van der Waals surface area contributed by atoms with E-state index in [4.69, 9.17) is 0 Å². The van der Waals surface area contributed by atoms with Crippen LogP contribution >= 0.6 is 0 Å². The number of aryl methyl sites for hydroxylation is 1. The molecule has 4 nitrogen and oxygen atoms in total. The lowest BCUT2D eigenvalue weighted by atomic mass is 9.93. The summed E-state index contributed by atoms with van der Waals surface area (Å²) in [6.07, 6.45) is 7.11. The zero-order valence-electron chi connectivity index (χ0n) is 11.0. The highest BCUT2D eigenvalue weighted by atomic mass is 16.6. The maximum Gasteiger partial charge on any atom is 0.292 e. The minimum Gasteiger partial charge on any atom is -0.379 e. The van der Waals surface area contributed by atoms with E-state index in [1.807, 2.05) is 19.1 Å². The number of nitrogens with one attached hydrogen (secondary N) is 1. The summed E-state index contributed by atoms with van der Waals surface area (Å²) in [5.74, 6) is 2.03. The second-order valence-corrected chi connectivity index (χ2v) is 5.70. The summed E-state index contributed by atoms with van der Waals surface area (Å²) in [7, 11) is 0. The van der Waals surface area contributed by atoms with E-state index in [9.17, 15) is 10.1 Å².